The molecular formula is C21H21F3N2O4S2. The summed E-state index contributed by atoms with van der Waals surface area (Å²) in [5.74, 6) is -1.28. The van der Waals surface area contributed by atoms with E-state index in [1.807, 2.05) is 0 Å². The summed E-state index contributed by atoms with van der Waals surface area (Å²) in [4.78, 5) is 39.7. The lowest BCUT2D eigenvalue weighted by atomic mass is 9.95. The molecular weight excluding hydrogens is 465 g/mol. The summed E-state index contributed by atoms with van der Waals surface area (Å²) in [7, 11) is 0. The Bertz CT molecular complexity index is 1020. The number of benzene rings is 2. The van der Waals surface area contributed by atoms with Crippen LogP contribution in [0.4, 0.5) is 13.2 Å². The third-order valence-corrected chi connectivity index (χ3v) is 6.35. The van der Waals surface area contributed by atoms with Gasteiger partial charge >= 0.3 is 5.51 Å². The van der Waals surface area contributed by atoms with Gasteiger partial charge in [0.2, 0.25) is 5.91 Å². The first kappa shape index (κ1) is 24.4. The highest BCUT2D eigenvalue weighted by molar-refractivity contribution is 7.99. The Balaban J connectivity index is 1.83. The van der Waals surface area contributed by atoms with Crippen molar-refractivity contribution in [2.24, 2.45) is 0 Å². The van der Waals surface area contributed by atoms with E-state index in [1.54, 1.807) is 23.1 Å². The Morgan fingerprint density at radius 3 is 2.41 bits per heavy atom. The van der Waals surface area contributed by atoms with Crippen LogP contribution in [0, 0.1) is 0 Å². The average molecular weight is 487 g/mol. The fourth-order valence-electron chi connectivity index (χ4n) is 3.36. The fourth-order valence-corrected chi connectivity index (χ4v) is 4.68. The summed E-state index contributed by atoms with van der Waals surface area (Å²) in [6.45, 7) is 4.83. The Morgan fingerprint density at radius 2 is 1.78 bits per heavy atom. The zero-order valence-electron chi connectivity index (χ0n) is 17.4. The van der Waals surface area contributed by atoms with Gasteiger partial charge in [0.15, 0.2) is 0 Å². The molecule has 1 aliphatic rings. The van der Waals surface area contributed by atoms with Crippen LogP contribution >= 0.6 is 23.8 Å². The van der Waals surface area contributed by atoms with Gasteiger partial charge in [-0.25, -0.2) is 0 Å². The minimum atomic E-state index is -4.77. The number of hydroxylamine groups is 2. The van der Waals surface area contributed by atoms with E-state index in [9.17, 15) is 27.6 Å². The molecule has 1 heterocycles. The molecule has 0 spiro atoms. The van der Waals surface area contributed by atoms with E-state index in [1.165, 1.54) is 30.8 Å². The van der Waals surface area contributed by atoms with E-state index in [4.69, 9.17) is 0 Å². The van der Waals surface area contributed by atoms with Crippen LogP contribution in [0.15, 0.2) is 35.2 Å². The zero-order valence-corrected chi connectivity index (χ0v) is 19.0. The van der Waals surface area contributed by atoms with Gasteiger partial charge < -0.3 is 4.90 Å². The molecule has 0 unspecified atom stereocenters. The quantitative estimate of drug-likeness (QED) is 0.273. The number of imide groups is 1. The van der Waals surface area contributed by atoms with Crippen molar-refractivity contribution in [1.29, 1.82) is 0 Å². The maximum absolute atomic E-state index is 12.7. The van der Waals surface area contributed by atoms with E-state index in [0.29, 0.717) is 29.6 Å². The van der Waals surface area contributed by atoms with Crippen LogP contribution in [-0.4, -0.2) is 52.0 Å². The molecule has 0 fully saturated rings. The normalized spacial score (nSPS) is 13.7. The molecule has 0 bridgehead atoms. The molecule has 3 rings (SSSR count). The molecule has 1 aliphatic heterocycles. The Kier molecular flexibility index (Phi) is 7.73. The van der Waals surface area contributed by atoms with Gasteiger partial charge in [0.25, 0.3) is 11.8 Å². The van der Waals surface area contributed by atoms with Gasteiger partial charge in [-0.2, -0.15) is 17.5 Å². The molecule has 0 N–H and O–H groups in total. The van der Waals surface area contributed by atoms with Crippen molar-refractivity contribution in [3.63, 3.8) is 0 Å². The van der Waals surface area contributed by atoms with Gasteiger partial charge in [0.05, 0.1) is 11.1 Å². The van der Waals surface area contributed by atoms with Gasteiger partial charge in [0.1, 0.15) is 12.0 Å². The lowest BCUT2D eigenvalue weighted by Gasteiger charge is -2.26. The number of alkyl halides is 3. The molecule has 0 aromatic heterocycles. The lowest BCUT2D eigenvalue weighted by molar-refractivity contribution is -0.128. The van der Waals surface area contributed by atoms with E-state index in [-0.39, 0.29) is 22.1 Å². The number of carbonyl (C=O) groups is 3. The Hall–Kier alpha value is -2.24. The summed E-state index contributed by atoms with van der Waals surface area (Å²) in [6.07, 6.45) is 1.90. The van der Waals surface area contributed by atoms with Crippen LogP contribution in [0.2, 0.25) is 0 Å². The first-order valence-corrected chi connectivity index (χ1v) is 11.6. The standard InChI is InChI=1S/C21H21F3N2O4S2/c1-3-4-10-25(13(2)27)11-12-31-17-9-8-16-18-14(17)6-5-7-15(18)19(28)26(20(16)29)30-32-21(22,23)24/h5-9H,3-4,10-12H2,1-2H3. The Morgan fingerprint density at radius 1 is 1.09 bits per heavy atom. The van der Waals surface area contributed by atoms with Gasteiger partial charge in [-0.05, 0) is 30.0 Å². The largest absolute Gasteiger partial charge is 0.470 e. The first-order valence-electron chi connectivity index (χ1n) is 9.89. The minimum absolute atomic E-state index is 0.00366. The summed E-state index contributed by atoms with van der Waals surface area (Å²) >= 11 is 0.568. The maximum atomic E-state index is 12.7. The van der Waals surface area contributed by atoms with Gasteiger partial charge in [-0.1, -0.05) is 25.5 Å². The number of unbranched alkanes of at least 4 members (excludes halogenated alkanes) is 1. The molecule has 172 valence electrons. The first-order chi connectivity index (χ1) is 15.1. The van der Waals surface area contributed by atoms with Crippen molar-refractivity contribution in [3.8, 4) is 0 Å². The number of halogens is 3. The van der Waals surface area contributed by atoms with Gasteiger partial charge in [0, 0.05) is 36.0 Å². The minimum Gasteiger partial charge on any atom is -0.342 e. The van der Waals surface area contributed by atoms with Gasteiger partial charge in [-0.3, -0.25) is 14.4 Å². The van der Waals surface area contributed by atoms with Crippen molar-refractivity contribution in [2.45, 2.75) is 37.1 Å². The SMILES string of the molecule is CCCCN(CCSc1ccc2c3c(cccc13)C(=O)N(OSC(F)(F)F)C2=O)C(C)=O. The van der Waals surface area contributed by atoms with Crippen LogP contribution in [0.3, 0.4) is 0 Å². The number of hydrogen-bond acceptors (Lipinski definition) is 6. The number of amides is 3. The number of nitrogens with zero attached hydrogens (tertiary/aromatic N) is 2. The van der Waals surface area contributed by atoms with Crippen LogP contribution in [0.1, 0.15) is 47.4 Å². The fraction of sp³-hybridized carbons (Fsp3) is 0.381. The number of hydrogen-bond donors (Lipinski definition) is 0. The summed E-state index contributed by atoms with van der Waals surface area (Å²) in [6, 6.07) is 7.99. The van der Waals surface area contributed by atoms with Crippen molar-refractivity contribution >= 4 is 52.3 Å². The van der Waals surface area contributed by atoms with Crippen molar-refractivity contribution in [2.75, 3.05) is 18.8 Å². The van der Waals surface area contributed by atoms with Gasteiger partial charge in [-0.15, -0.1) is 16.8 Å². The van der Waals surface area contributed by atoms with Crippen molar-refractivity contribution in [1.82, 2.24) is 9.96 Å². The highest BCUT2D eigenvalue weighted by Gasteiger charge is 2.39. The number of thioether (sulfide) groups is 1. The second kappa shape index (κ2) is 10.1. The molecule has 0 aliphatic carbocycles. The molecule has 2 aromatic carbocycles. The van der Waals surface area contributed by atoms with Crippen LogP contribution in [0.25, 0.3) is 10.8 Å². The highest BCUT2D eigenvalue weighted by Crippen LogP contribution is 2.38. The Labute approximate surface area is 191 Å². The second-order valence-corrected chi connectivity index (χ2v) is 8.97. The number of rotatable bonds is 9. The summed E-state index contributed by atoms with van der Waals surface area (Å²) in [5.41, 5.74) is -4.58. The molecule has 0 saturated heterocycles. The summed E-state index contributed by atoms with van der Waals surface area (Å²) < 4.78 is 41.9. The second-order valence-electron chi connectivity index (χ2n) is 7.06. The van der Waals surface area contributed by atoms with Crippen LogP contribution < -0.4 is 0 Å². The van der Waals surface area contributed by atoms with E-state index in [2.05, 4.69) is 11.2 Å². The third-order valence-electron chi connectivity index (χ3n) is 4.88. The molecule has 11 heteroatoms. The number of carbonyl (C=O) groups excluding carboxylic acids is 3. The predicted octanol–water partition coefficient (Wildman–Crippen LogP) is 5.28. The van der Waals surface area contributed by atoms with Crippen LogP contribution in [-0.2, 0) is 9.08 Å². The molecule has 6 nitrogen and oxygen atoms in total. The summed E-state index contributed by atoms with van der Waals surface area (Å²) in [5, 5.41) is 1.18. The van der Waals surface area contributed by atoms with Crippen molar-refractivity contribution in [3.05, 3.63) is 41.5 Å². The monoisotopic (exact) mass is 486 g/mol. The molecule has 0 saturated carbocycles. The van der Waals surface area contributed by atoms with E-state index < -0.39 is 29.4 Å². The highest BCUT2D eigenvalue weighted by atomic mass is 32.2. The molecule has 3 amide bonds. The molecule has 0 radical (unpaired) electrons. The zero-order chi connectivity index (χ0) is 23.5. The van der Waals surface area contributed by atoms with E-state index in [0.717, 1.165) is 17.7 Å². The van der Waals surface area contributed by atoms with E-state index >= 15 is 0 Å². The van der Waals surface area contributed by atoms with Crippen molar-refractivity contribution < 1.29 is 31.8 Å². The smallest absolute Gasteiger partial charge is 0.342 e. The third kappa shape index (κ3) is 5.38. The maximum Gasteiger partial charge on any atom is 0.470 e. The van der Waals surface area contributed by atoms with Crippen LogP contribution in [0.5, 0.6) is 0 Å². The molecule has 32 heavy (non-hydrogen) atoms. The average Bonchev–Trinajstić information content (AvgIpc) is 2.73. The molecule has 0 atom stereocenters. The lowest BCUT2D eigenvalue weighted by Crippen LogP contribution is -2.39. The predicted molar refractivity (Wildman–Crippen MR) is 117 cm³/mol. The topological polar surface area (TPSA) is 66.9 Å². The molecule has 2 aromatic rings.